The molecule has 1 aromatic carbocycles. The number of anilines is 1. The van der Waals surface area contributed by atoms with Crippen LogP contribution in [0.3, 0.4) is 0 Å². The molecule has 0 fully saturated rings. The van der Waals surface area contributed by atoms with Crippen LogP contribution in [0, 0.1) is 6.92 Å². The first-order valence-electron chi connectivity index (χ1n) is 8.02. The minimum atomic E-state index is 0.0647. The molecule has 1 amide bonds. The molecule has 2 heterocycles. The maximum atomic E-state index is 11.9. The lowest BCUT2D eigenvalue weighted by Crippen LogP contribution is -2.10. The summed E-state index contributed by atoms with van der Waals surface area (Å²) in [5.74, 6) is 0.0647. The maximum absolute atomic E-state index is 11.9. The third kappa shape index (κ3) is 3.42. The monoisotopic (exact) mass is 307 g/mol. The van der Waals surface area contributed by atoms with Crippen LogP contribution in [0.4, 0.5) is 5.69 Å². The summed E-state index contributed by atoms with van der Waals surface area (Å²) in [6.07, 6.45) is 4.53. The van der Waals surface area contributed by atoms with E-state index in [0.29, 0.717) is 6.42 Å². The van der Waals surface area contributed by atoms with Crippen LogP contribution < -0.4 is 5.32 Å². The van der Waals surface area contributed by atoms with Crippen molar-refractivity contribution in [3.8, 4) is 11.3 Å². The molecule has 2 aromatic heterocycles. The summed E-state index contributed by atoms with van der Waals surface area (Å²) >= 11 is 0. The van der Waals surface area contributed by atoms with Crippen molar-refractivity contribution in [2.24, 2.45) is 0 Å². The molecule has 1 N–H and O–H groups in total. The van der Waals surface area contributed by atoms with E-state index in [-0.39, 0.29) is 5.91 Å². The number of carbonyl (C=O) groups excluding carboxylic acids is 1. The number of amides is 1. The highest BCUT2D eigenvalue weighted by molar-refractivity contribution is 5.91. The zero-order chi connectivity index (χ0) is 16.2. The molecule has 0 atom stereocenters. The third-order valence-corrected chi connectivity index (χ3v) is 3.90. The van der Waals surface area contributed by atoms with Crippen molar-refractivity contribution in [1.82, 2.24) is 9.38 Å². The second-order valence-corrected chi connectivity index (χ2v) is 5.75. The summed E-state index contributed by atoms with van der Waals surface area (Å²) in [4.78, 5) is 16.5. The Morgan fingerprint density at radius 2 is 2.04 bits per heavy atom. The second kappa shape index (κ2) is 6.65. The van der Waals surface area contributed by atoms with Crippen LogP contribution >= 0.6 is 0 Å². The van der Waals surface area contributed by atoms with E-state index in [1.807, 2.05) is 42.6 Å². The lowest BCUT2D eigenvalue weighted by atomic mass is 10.1. The number of aromatic nitrogens is 2. The predicted molar refractivity (Wildman–Crippen MR) is 93.5 cm³/mol. The van der Waals surface area contributed by atoms with Crippen molar-refractivity contribution < 1.29 is 4.79 Å². The number of carbonyl (C=O) groups is 1. The number of pyridine rings is 1. The van der Waals surface area contributed by atoms with Crippen molar-refractivity contribution in [1.29, 1.82) is 0 Å². The van der Waals surface area contributed by atoms with E-state index in [0.717, 1.165) is 41.1 Å². The summed E-state index contributed by atoms with van der Waals surface area (Å²) in [6, 6.07) is 13.9. The molecule has 4 heteroatoms. The normalized spacial score (nSPS) is 10.9. The van der Waals surface area contributed by atoms with Gasteiger partial charge < -0.3 is 9.72 Å². The molecule has 3 rings (SSSR count). The largest absolute Gasteiger partial charge is 0.326 e. The van der Waals surface area contributed by atoms with Gasteiger partial charge in [-0.15, -0.1) is 0 Å². The van der Waals surface area contributed by atoms with Gasteiger partial charge in [-0.1, -0.05) is 31.5 Å². The van der Waals surface area contributed by atoms with E-state index >= 15 is 0 Å². The highest BCUT2D eigenvalue weighted by Crippen LogP contribution is 2.23. The average Bonchev–Trinajstić information content (AvgIpc) is 2.99. The first-order chi connectivity index (χ1) is 11.2. The standard InChI is InChI=1S/C19H21N3O/c1-3-4-11-19(23)20-16-9-6-8-15(12-16)17-13-22-14(2)7-5-10-18(22)21-17/h5-10,12-13H,3-4,11H2,1-2H3,(H,20,23). The maximum Gasteiger partial charge on any atom is 0.224 e. The summed E-state index contributed by atoms with van der Waals surface area (Å²) in [7, 11) is 0. The van der Waals surface area contributed by atoms with Gasteiger partial charge in [0.15, 0.2) is 0 Å². The quantitative estimate of drug-likeness (QED) is 0.757. The van der Waals surface area contributed by atoms with Crippen molar-refractivity contribution in [2.75, 3.05) is 5.32 Å². The number of rotatable bonds is 5. The topological polar surface area (TPSA) is 46.4 Å². The molecule has 4 nitrogen and oxygen atoms in total. The fourth-order valence-corrected chi connectivity index (χ4v) is 2.60. The SMILES string of the molecule is CCCCC(=O)Nc1cccc(-c2cn3c(C)cccc3n2)c1. The van der Waals surface area contributed by atoms with E-state index in [2.05, 4.69) is 34.6 Å². The molecule has 0 radical (unpaired) electrons. The lowest BCUT2D eigenvalue weighted by molar-refractivity contribution is -0.116. The summed E-state index contributed by atoms with van der Waals surface area (Å²) < 4.78 is 2.07. The van der Waals surface area contributed by atoms with Crippen molar-refractivity contribution in [3.05, 3.63) is 54.4 Å². The first-order valence-corrected chi connectivity index (χ1v) is 8.02. The highest BCUT2D eigenvalue weighted by atomic mass is 16.1. The Morgan fingerprint density at radius 1 is 1.22 bits per heavy atom. The molecule has 0 saturated heterocycles. The predicted octanol–water partition coefficient (Wildman–Crippen LogP) is 4.44. The van der Waals surface area contributed by atoms with Gasteiger partial charge in [0, 0.05) is 29.6 Å². The molecule has 0 unspecified atom stereocenters. The molecule has 118 valence electrons. The van der Waals surface area contributed by atoms with Crippen LogP contribution in [0.15, 0.2) is 48.7 Å². The number of hydrogen-bond acceptors (Lipinski definition) is 2. The van der Waals surface area contributed by atoms with Crippen LogP contribution in [0.2, 0.25) is 0 Å². The molecule has 0 aliphatic rings. The molecule has 0 aliphatic carbocycles. The Hall–Kier alpha value is -2.62. The van der Waals surface area contributed by atoms with Crippen LogP contribution in [0.25, 0.3) is 16.9 Å². The smallest absolute Gasteiger partial charge is 0.224 e. The third-order valence-electron chi connectivity index (χ3n) is 3.90. The minimum Gasteiger partial charge on any atom is -0.326 e. The molecule has 0 saturated carbocycles. The fourth-order valence-electron chi connectivity index (χ4n) is 2.60. The molecule has 0 bridgehead atoms. The van der Waals surface area contributed by atoms with E-state index in [4.69, 9.17) is 0 Å². The molecule has 0 spiro atoms. The number of hydrogen-bond donors (Lipinski definition) is 1. The Morgan fingerprint density at radius 3 is 2.83 bits per heavy atom. The summed E-state index contributed by atoms with van der Waals surface area (Å²) in [5, 5.41) is 2.96. The van der Waals surface area contributed by atoms with E-state index in [1.165, 1.54) is 0 Å². The van der Waals surface area contributed by atoms with Crippen molar-refractivity contribution in [3.63, 3.8) is 0 Å². The fraction of sp³-hybridized carbons (Fsp3) is 0.263. The number of fused-ring (bicyclic) bond motifs is 1. The molecular weight excluding hydrogens is 286 g/mol. The van der Waals surface area contributed by atoms with Crippen molar-refractivity contribution in [2.45, 2.75) is 33.1 Å². The number of benzene rings is 1. The second-order valence-electron chi connectivity index (χ2n) is 5.75. The minimum absolute atomic E-state index is 0.0647. The average molecular weight is 307 g/mol. The molecule has 3 aromatic rings. The zero-order valence-electron chi connectivity index (χ0n) is 13.5. The number of nitrogens with one attached hydrogen (secondary N) is 1. The molecule has 23 heavy (non-hydrogen) atoms. The van der Waals surface area contributed by atoms with Crippen molar-refractivity contribution >= 4 is 17.2 Å². The Kier molecular flexibility index (Phi) is 4.42. The van der Waals surface area contributed by atoms with Crippen LogP contribution in [0.1, 0.15) is 31.9 Å². The van der Waals surface area contributed by atoms with Crippen LogP contribution in [0.5, 0.6) is 0 Å². The van der Waals surface area contributed by atoms with Gasteiger partial charge in [-0.25, -0.2) is 4.98 Å². The summed E-state index contributed by atoms with van der Waals surface area (Å²) in [6.45, 7) is 4.14. The number of nitrogens with zero attached hydrogens (tertiary/aromatic N) is 2. The molecular formula is C19H21N3O. The van der Waals surface area contributed by atoms with Gasteiger partial charge in [-0.3, -0.25) is 4.79 Å². The van der Waals surface area contributed by atoms with Gasteiger partial charge in [0.25, 0.3) is 0 Å². The van der Waals surface area contributed by atoms with Gasteiger partial charge in [-0.2, -0.15) is 0 Å². The van der Waals surface area contributed by atoms with Crippen LogP contribution in [-0.4, -0.2) is 15.3 Å². The Labute approximate surface area is 136 Å². The number of unbranched alkanes of at least 4 members (excludes halogenated alkanes) is 1. The number of aryl methyl sites for hydroxylation is 1. The van der Waals surface area contributed by atoms with Gasteiger partial charge in [-0.05, 0) is 37.6 Å². The van der Waals surface area contributed by atoms with Gasteiger partial charge >= 0.3 is 0 Å². The van der Waals surface area contributed by atoms with Gasteiger partial charge in [0.2, 0.25) is 5.91 Å². The number of imidazole rings is 1. The van der Waals surface area contributed by atoms with Gasteiger partial charge in [0.05, 0.1) is 5.69 Å². The summed E-state index contributed by atoms with van der Waals surface area (Å²) in [5.41, 5.74) is 4.80. The zero-order valence-corrected chi connectivity index (χ0v) is 13.5. The first kappa shape index (κ1) is 15.3. The van der Waals surface area contributed by atoms with Gasteiger partial charge in [0.1, 0.15) is 5.65 Å². The highest BCUT2D eigenvalue weighted by Gasteiger charge is 2.07. The van der Waals surface area contributed by atoms with E-state index < -0.39 is 0 Å². The Bertz CT molecular complexity index is 836. The molecule has 0 aliphatic heterocycles. The Balaban J connectivity index is 1.86. The van der Waals surface area contributed by atoms with E-state index in [9.17, 15) is 4.79 Å². The van der Waals surface area contributed by atoms with E-state index in [1.54, 1.807) is 0 Å². The van der Waals surface area contributed by atoms with Crippen LogP contribution in [-0.2, 0) is 4.79 Å². The lowest BCUT2D eigenvalue weighted by Gasteiger charge is -2.06.